The maximum atomic E-state index is 12.7. The minimum atomic E-state index is -0.306. The minimum absolute atomic E-state index is 0.235. The van der Waals surface area contributed by atoms with Crippen LogP contribution in [0.1, 0.15) is 0 Å². The Morgan fingerprint density at radius 3 is 2.40 bits per heavy atom. The number of halogens is 2. The molecule has 0 radical (unpaired) electrons. The van der Waals surface area contributed by atoms with Crippen LogP contribution >= 0.6 is 11.6 Å². The molecule has 1 aromatic heterocycles. The van der Waals surface area contributed by atoms with E-state index in [1.807, 2.05) is 0 Å². The Hall–Kier alpha value is -1.68. The van der Waals surface area contributed by atoms with Crippen molar-refractivity contribution < 1.29 is 4.39 Å². The van der Waals surface area contributed by atoms with Crippen LogP contribution in [0, 0.1) is 5.82 Å². The van der Waals surface area contributed by atoms with Crippen LogP contribution in [-0.4, -0.2) is 10.2 Å². The second-order valence-corrected chi connectivity index (χ2v) is 3.37. The first-order chi connectivity index (χ1) is 7.16. The molecule has 15 heavy (non-hydrogen) atoms. The molecule has 0 aliphatic heterocycles. The maximum Gasteiger partial charge on any atom is 0.153 e. The SMILES string of the molecule is Nc1cc(Cl)nnc1-c1ccc(F)cc1. The van der Waals surface area contributed by atoms with Crippen molar-refractivity contribution in [2.75, 3.05) is 5.73 Å². The van der Waals surface area contributed by atoms with Gasteiger partial charge in [-0.1, -0.05) is 11.6 Å². The topological polar surface area (TPSA) is 51.8 Å². The van der Waals surface area contributed by atoms with Crippen LogP contribution in [0.2, 0.25) is 5.15 Å². The van der Waals surface area contributed by atoms with Crippen molar-refractivity contribution in [2.45, 2.75) is 0 Å². The summed E-state index contributed by atoms with van der Waals surface area (Å²) in [6.45, 7) is 0. The number of nitrogens with two attached hydrogens (primary N) is 1. The molecule has 0 atom stereocenters. The van der Waals surface area contributed by atoms with Gasteiger partial charge in [0.1, 0.15) is 11.5 Å². The Labute approximate surface area is 90.7 Å². The summed E-state index contributed by atoms with van der Waals surface area (Å²) in [4.78, 5) is 0. The zero-order chi connectivity index (χ0) is 10.8. The van der Waals surface area contributed by atoms with Crippen LogP contribution in [0.5, 0.6) is 0 Å². The van der Waals surface area contributed by atoms with Crippen molar-refractivity contribution in [3.05, 3.63) is 41.3 Å². The van der Waals surface area contributed by atoms with E-state index in [1.165, 1.54) is 18.2 Å². The number of hydrogen-bond acceptors (Lipinski definition) is 3. The lowest BCUT2D eigenvalue weighted by Gasteiger charge is -2.03. The molecule has 1 heterocycles. The first-order valence-corrected chi connectivity index (χ1v) is 4.59. The number of nitrogen functional groups attached to an aromatic ring is 1. The van der Waals surface area contributed by atoms with Gasteiger partial charge in [-0.15, -0.1) is 10.2 Å². The van der Waals surface area contributed by atoms with Gasteiger partial charge >= 0.3 is 0 Å². The lowest BCUT2D eigenvalue weighted by atomic mass is 10.1. The molecule has 2 N–H and O–H groups in total. The summed E-state index contributed by atoms with van der Waals surface area (Å²) in [5.74, 6) is -0.306. The number of aromatic nitrogens is 2. The summed E-state index contributed by atoms with van der Waals surface area (Å²) >= 11 is 5.62. The van der Waals surface area contributed by atoms with Crippen LogP contribution in [0.3, 0.4) is 0 Å². The molecule has 0 saturated carbocycles. The average Bonchev–Trinajstić information content (AvgIpc) is 2.20. The smallest absolute Gasteiger partial charge is 0.153 e. The van der Waals surface area contributed by atoms with Gasteiger partial charge in [-0.05, 0) is 24.3 Å². The Bertz CT molecular complexity index is 485. The molecule has 0 amide bonds. The van der Waals surface area contributed by atoms with E-state index in [1.54, 1.807) is 12.1 Å². The molecule has 3 nitrogen and oxygen atoms in total. The maximum absolute atomic E-state index is 12.7. The van der Waals surface area contributed by atoms with E-state index in [0.717, 1.165) is 0 Å². The van der Waals surface area contributed by atoms with Gasteiger partial charge in [0, 0.05) is 11.6 Å². The van der Waals surface area contributed by atoms with E-state index < -0.39 is 0 Å². The molecule has 1 aromatic carbocycles. The van der Waals surface area contributed by atoms with Gasteiger partial charge in [-0.3, -0.25) is 0 Å². The van der Waals surface area contributed by atoms with Crippen LogP contribution < -0.4 is 5.73 Å². The van der Waals surface area contributed by atoms with Crippen molar-refractivity contribution in [1.82, 2.24) is 10.2 Å². The number of benzene rings is 1. The molecular formula is C10H7ClFN3. The summed E-state index contributed by atoms with van der Waals surface area (Å²) in [5, 5.41) is 7.76. The third-order valence-corrected chi connectivity index (χ3v) is 2.10. The largest absolute Gasteiger partial charge is 0.397 e. The molecule has 0 unspecified atom stereocenters. The molecule has 0 spiro atoms. The standard InChI is InChI=1S/C10H7ClFN3/c11-9-5-8(13)10(15-14-9)6-1-3-7(12)4-2-6/h1-5H,(H2,13,14). The van der Waals surface area contributed by atoms with Crippen molar-refractivity contribution >= 4 is 17.3 Å². The van der Waals surface area contributed by atoms with E-state index in [4.69, 9.17) is 17.3 Å². The predicted octanol–water partition coefficient (Wildman–Crippen LogP) is 2.52. The Morgan fingerprint density at radius 1 is 1.13 bits per heavy atom. The highest BCUT2D eigenvalue weighted by molar-refractivity contribution is 6.29. The fourth-order valence-electron chi connectivity index (χ4n) is 1.21. The van der Waals surface area contributed by atoms with Gasteiger partial charge < -0.3 is 5.73 Å². The second-order valence-electron chi connectivity index (χ2n) is 2.98. The van der Waals surface area contributed by atoms with Crippen molar-refractivity contribution in [2.24, 2.45) is 0 Å². The first kappa shape index (κ1) is 9.86. The quantitative estimate of drug-likeness (QED) is 0.808. The highest BCUT2D eigenvalue weighted by Gasteiger charge is 2.05. The first-order valence-electron chi connectivity index (χ1n) is 4.21. The fraction of sp³-hybridized carbons (Fsp3) is 0. The summed E-state index contributed by atoms with van der Waals surface area (Å²) in [5.41, 5.74) is 7.33. The molecule has 0 fully saturated rings. The molecule has 0 saturated heterocycles. The van der Waals surface area contributed by atoms with Crippen molar-refractivity contribution in [3.8, 4) is 11.3 Å². The van der Waals surface area contributed by atoms with E-state index in [-0.39, 0.29) is 11.0 Å². The van der Waals surface area contributed by atoms with Gasteiger partial charge in [0.05, 0.1) is 5.69 Å². The Balaban J connectivity index is 2.49. The van der Waals surface area contributed by atoms with Gasteiger partial charge in [0.2, 0.25) is 0 Å². The Morgan fingerprint density at radius 2 is 1.80 bits per heavy atom. The van der Waals surface area contributed by atoms with Crippen LogP contribution in [0.25, 0.3) is 11.3 Å². The average molecular weight is 224 g/mol. The molecule has 2 rings (SSSR count). The monoisotopic (exact) mass is 223 g/mol. The van der Waals surface area contributed by atoms with Crippen molar-refractivity contribution in [3.63, 3.8) is 0 Å². The summed E-state index contributed by atoms with van der Waals surface area (Å²) < 4.78 is 12.7. The zero-order valence-electron chi connectivity index (χ0n) is 7.61. The minimum Gasteiger partial charge on any atom is -0.397 e. The van der Waals surface area contributed by atoms with E-state index in [9.17, 15) is 4.39 Å². The van der Waals surface area contributed by atoms with Crippen LogP contribution in [-0.2, 0) is 0 Å². The summed E-state index contributed by atoms with van der Waals surface area (Å²) in [6.07, 6.45) is 0. The van der Waals surface area contributed by atoms with E-state index in [2.05, 4.69) is 10.2 Å². The van der Waals surface area contributed by atoms with Crippen LogP contribution in [0.15, 0.2) is 30.3 Å². The molecule has 0 aliphatic carbocycles. The number of hydrogen-bond donors (Lipinski definition) is 1. The zero-order valence-corrected chi connectivity index (χ0v) is 8.37. The Kier molecular flexibility index (Phi) is 2.51. The molecule has 5 heteroatoms. The lowest BCUT2D eigenvalue weighted by molar-refractivity contribution is 0.628. The summed E-state index contributed by atoms with van der Waals surface area (Å²) in [6, 6.07) is 7.36. The van der Waals surface area contributed by atoms with E-state index in [0.29, 0.717) is 16.9 Å². The third kappa shape index (κ3) is 2.05. The lowest BCUT2D eigenvalue weighted by Crippen LogP contribution is -1.96. The van der Waals surface area contributed by atoms with Gasteiger partial charge in [0.25, 0.3) is 0 Å². The highest BCUT2D eigenvalue weighted by Crippen LogP contribution is 2.24. The normalized spacial score (nSPS) is 10.3. The highest BCUT2D eigenvalue weighted by atomic mass is 35.5. The van der Waals surface area contributed by atoms with E-state index >= 15 is 0 Å². The summed E-state index contributed by atoms with van der Waals surface area (Å²) in [7, 11) is 0. The number of nitrogens with zero attached hydrogens (tertiary/aromatic N) is 2. The van der Waals surface area contributed by atoms with Gasteiger partial charge in [0.15, 0.2) is 5.15 Å². The van der Waals surface area contributed by atoms with Gasteiger partial charge in [-0.25, -0.2) is 4.39 Å². The predicted molar refractivity (Wildman–Crippen MR) is 56.8 cm³/mol. The van der Waals surface area contributed by atoms with Crippen LogP contribution in [0.4, 0.5) is 10.1 Å². The van der Waals surface area contributed by atoms with Gasteiger partial charge in [-0.2, -0.15) is 0 Å². The molecule has 2 aromatic rings. The number of rotatable bonds is 1. The molecular weight excluding hydrogens is 217 g/mol. The van der Waals surface area contributed by atoms with Crippen molar-refractivity contribution in [1.29, 1.82) is 0 Å². The molecule has 0 bridgehead atoms. The third-order valence-electron chi connectivity index (χ3n) is 1.91. The molecule has 0 aliphatic rings. The molecule has 76 valence electrons. The fourth-order valence-corrected chi connectivity index (χ4v) is 1.37. The number of anilines is 1. The second kappa shape index (κ2) is 3.82.